The lowest BCUT2D eigenvalue weighted by molar-refractivity contribution is -0.118. The first-order valence-corrected chi connectivity index (χ1v) is 10.5. The van der Waals surface area contributed by atoms with E-state index in [4.69, 9.17) is 5.26 Å². The summed E-state index contributed by atoms with van der Waals surface area (Å²) in [6, 6.07) is 5.55. The summed E-state index contributed by atoms with van der Waals surface area (Å²) in [5.74, 6) is -4.19. The number of hydrogen-bond acceptors (Lipinski definition) is 8. The first kappa shape index (κ1) is 24.3. The summed E-state index contributed by atoms with van der Waals surface area (Å²) in [5, 5.41) is 11.6. The number of fused-ring (bicyclic) bond motifs is 1. The zero-order valence-electron chi connectivity index (χ0n) is 19.3. The van der Waals surface area contributed by atoms with Crippen LogP contribution in [0.25, 0.3) is 22.4 Å². The van der Waals surface area contributed by atoms with Crippen molar-refractivity contribution in [3.8, 4) is 17.3 Å². The zero-order chi connectivity index (χ0) is 26.2. The number of pyridine rings is 1. The van der Waals surface area contributed by atoms with E-state index in [1.54, 1.807) is 18.2 Å². The van der Waals surface area contributed by atoms with Crippen molar-refractivity contribution in [3.63, 3.8) is 0 Å². The number of carbonyl (C=O) groups excluding carboxylic acids is 1. The smallest absolute Gasteiger partial charge is 0.312 e. The Kier molecular flexibility index (Phi) is 6.15. The predicted molar refractivity (Wildman–Crippen MR) is 123 cm³/mol. The molecule has 0 radical (unpaired) electrons. The lowest BCUT2D eigenvalue weighted by Crippen LogP contribution is -2.40. The fourth-order valence-electron chi connectivity index (χ4n) is 3.50. The maximum absolute atomic E-state index is 13.4. The van der Waals surface area contributed by atoms with E-state index in [2.05, 4.69) is 25.3 Å². The third-order valence-electron chi connectivity index (χ3n) is 5.42. The van der Waals surface area contributed by atoms with E-state index in [9.17, 15) is 23.2 Å². The molecular formula is C22H19F2N9O3. The van der Waals surface area contributed by atoms with Gasteiger partial charge in [-0.25, -0.2) is 29.3 Å². The van der Waals surface area contributed by atoms with Crippen molar-refractivity contribution in [2.45, 2.75) is 32.4 Å². The monoisotopic (exact) mass is 495 g/mol. The Labute approximate surface area is 201 Å². The number of halogens is 2. The van der Waals surface area contributed by atoms with Gasteiger partial charge in [-0.15, -0.1) is 0 Å². The highest BCUT2D eigenvalue weighted by Crippen LogP contribution is 2.25. The lowest BCUT2D eigenvalue weighted by atomic mass is 10.2. The standard InChI is InChI=1S/C22H19F2N9O3/c1-12(33-11-28-17-16(33)19(35)32(8-7-25)21(36)31(17)3)18(34)30-15-6-4-5-14(29-15)13-9-26-20(27-10-13)22(2,23)24/h4-6,9-12H,8H2,1-3H3,(H,29,30,34). The molecule has 12 nitrogen and oxygen atoms in total. The van der Waals surface area contributed by atoms with Gasteiger partial charge in [-0.2, -0.15) is 14.0 Å². The number of hydrogen-bond donors (Lipinski definition) is 1. The molecule has 4 rings (SSSR count). The van der Waals surface area contributed by atoms with Gasteiger partial charge in [-0.05, 0) is 19.1 Å². The van der Waals surface area contributed by atoms with Gasteiger partial charge in [-0.1, -0.05) is 6.07 Å². The number of nitriles is 1. The molecule has 0 aromatic carbocycles. The highest BCUT2D eigenvalue weighted by atomic mass is 19.3. The average molecular weight is 495 g/mol. The fourth-order valence-corrected chi connectivity index (χ4v) is 3.50. The first-order chi connectivity index (χ1) is 17.0. The minimum Gasteiger partial charge on any atom is -0.312 e. The highest BCUT2D eigenvalue weighted by Gasteiger charge is 2.28. The van der Waals surface area contributed by atoms with E-state index >= 15 is 0 Å². The second-order valence-corrected chi connectivity index (χ2v) is 7.97. The SMILES string of the molecule is CC(C(=O)Nc1cccc(-c2cnc(C(C)(F)F)nc2)n1)n1cnc2c1c(=O)n(CC#N)c(=O)n2C. The van der Waals surface area contributed by atoms with Crippen LogP contribution >= 0.6 is 0 Å². The molecule has 4 heterocycles. The van der Waals surface area contributed by atoms with E-state index < -0.39 is 41.5 Å². The molecule has 0 spiro atoms. The van der Waals surface area contributed by atoms with E-state index in [0.29, 0.717) is 18.2 Å². The van der Waals surface area contributed by atoms with Gasteiger partial charge in [-0.3, -0.25) is 14.2 Å². The molecule has 4 aromatic heterocycles. The molecule has 0 aliphatic rings. The molecule has 0 aliphatic heterocycles. The summed E-state index contributed by atoms with van der Waals surface area (Å²) in [7, 11) is 1.41. The van der Waals surface area contributed by atoms with Crippen LogP contribution in [0.15, 0.2) is 46.5 Å². The number of aromatic nitrogens is 7. The Morgan fingerprint density at radius 3 is 2.56 bits per heavy atom. The Hall–Kier alpha value is -4.80. The number of alkyl halides is 2. The van der Waals surface area contributed by atoms with Crippen LogP contribution in [0, 0.1) is 11.3 Å². The number of nitrogens with one attached hydrogen (secondary N) is 1. The Bertz CT molecular complexity index is 1630. The van der Waals surface area contributed by atoms with Crippen LogP contribution in [-0.4, -0.2) is 39.5 Å². The second kappa shape index (κ2) is 9.10. The molecule has 0 bridgehead atoms. The molecule has 36 heavy (non-hydrogen) atoms. The van der Waals surface area contributed by atoms with E-state index in [1.807, 2.05) is 0 Å². The van der Waals surface area contributed by atoms with Gasteiger partial charge in [0.1, 0.15) is 18.4 Å². The number of rotatable bonds is 6. The summed E-state index contributed by atoms with van der Waals surface area (Å²) >= 11 is 0. The third kappa shape index (κ3) is 4.33. The largest absolute Gasteiger partial charge is 0.333 e. The second-order valence-electron chi connectivity index (χ2n) is 7.97. The average Bonchev–Trinajstić information content (AvgIpc) is 3.30. The Balaban J connectivity index is 1.62. The Morgan fingerprint density at radius 1 is 1.22 bits per heavy atom. The minimum absolute atomic E-state index is 0.0123. The van der Waals surface area contributed by atoms with Crippen LogP contribution in [0.4, 0.5) is 14.6 Å². The van der Waals surface area contributed by atoms with Crippen LogP contribution in [0.5, 0.6) is 0 Å². The molecular weight excluding hydrogens is 476 g/mol. The predicted octanol–water partition coefficient (Wildman–Crippen LogP) is 1.58. The molecule has 4 aromatic rings. The van der Waals surface area contributed by atoms with Gasteiger partial charge in [0.15, 0.2) is 17.0 Å². The van der Waals surface area contributed by atoms with E-state index in [-0.39, 0.29) is 17.0 Å². The molecule has 14 heteroatoms. The fraction of sp³-hybridized carbons (Fsp3) is 0.273. The molecule has 184 valence electrons. The van der Waals surface area contributed by atoms with Gasteiger partial charge in [0.25, 0.3) is 5.56 Å². The van der Waals surface area contributed by atoms with E-state index in [1.165, 1.54) is 43.3 Å². The van der Waals surface area contributed by atoms with Crippen molar-refractivity contribution in [1.29, 1.82) is 5.26 Å². The van der Waals surface area contributed by atoms with Crippen LogP contribution in [-0.2, 0) is 24.3 Å². The maximum atomic E-state index is 13.4. The van der Waals surface area contributed by atoms with Crippen LogP contribution in [0.2, 0.25) is 0 Å². The molecule has 0 fully saturated rings. The highest BCUT2D eigenvalue weighted by molar-refractivity contribution is 5.93. The van der Waals surface area contributed by atoms with Crippen LogP contribution in [0.3, 0.4) is 0 Å². The van der Waals surface area contributed by atoms with Crippen molar-refractivity contribution in [2.24, 2.45) is 7.05 Å². The molecule has 1 atom stereocenters. The minimum atomic E-state index is -3.18. The quantitative estimate of drug-likeness (QED) is 0.423. The molecule has 1 N–H and O–H groups in total. The summed E-state index contributed by atoms with van der Waals surface area (Å²) < 4.78 is 29.9. The maximum Gasteiger partial charge on any atom is 0.333 e. The summed E-state index contributed by atoms with van der Waals surface area (Å²) in [4.78, 5) is 54.0. The van der Waals surface area contributed by atoms with Crippen molar-refractivity contribution in [1.82, 2.24) is 33.6 Å². The van der Waals surface area contributed by atoms with Crippen LogP contribution < -0.4 is 16.6 Å². The Morgan fingerprint density at radius 2 is 1.92 bits per heavy atom. The normalized spacial score (nSPS) is 12.3. The number of amides is 1. The van der Waals surface area contributed by atoms with Crippen molar-refractivity contribution in [3.05, 3.63) is 63.6 Å². The molecule has 0 saturated carbocycles. The zero-order valence-corrected chi connectivity index (χ0v) is 19.3. The topological polar surface area (TPSA) is 153 Å². The number of aryl methyl sites for hydroxylation is 1. The molecule has 1 amide bonds. The first-order valence-electron chi connectivity index (χ1n) is 10.5. The number of nitrogens with zero attached hydrogens (tertiary/aromatic N) is 8. The molecule has 0 aliphatic carbocycles. The summed E-state index contributed by atoms with van der Waals surface area (Å²) in [6.07, 6.45) is 3.69. The summed E-state index contributed by atoms with van der Waals surface area (Å²) in [6.45, 7) is 1.76. The van der Waals surface area contributed by atoms with Crippen molar-refractivity contribution < 1.29 is 13.6 Å². The number of anilines is 1. The summed E-state index contributed by atoms with van der Waals surface area (Å²) in [5.41, 5.74) is -0.674. The number of carbonyl (C=O) groups is 1. The van der Waals surface area contributed by atoms with Gasteiger partial charge < -0.3 is 9.88 Å². The van der Waals surface area contributed by atoms with Gasteiger partial charge in [0.2, 0.25) is 5.91 Å². The third-order valence-corrected chi connectivity index (χ3v) is 5.42. The van der Waals surface area contributed by atoms with Gasteiger partial charge >= 0.3 is 11.6 Å². The lowest BCUT2D eigenvalue weighted by Gasteiger charge is -2.15. The van der Waals surface area contributed by atoms with Gasteiger partial charge in [0.05, 0.1) is 18.1 Å². The van der Waals surface area contributed by atoms with Crippen molar-refractivity contribution in [2.75, 3.05) is 5.32 Å². The molecule has 1 unspecified atom stereocenters. The van der Waals surface area contributed by atoms with E-state index in [0.717, 1.165) is 9.13 Å². The number of imidazole rings is 1. The van der Waals surface area contributed by atoms with Crippen molar-refractivity contribution >= 4 is 22.9 Å². The van der Waals surface area contributed by atoms with Crippen LogP contribution in [0.1, 0.15) is 25.7 Å². The van der Waals surface area contributed by atoms with Gasteiger partial charge in [0, 0.05) is 31.9 Å². The molecule has 0 saturated heterocycles.